The molecule has 1 aromatic carbocycles. The first-order chi connectivity index (χ1) is 12.1. The summed E-state index contributed by atoms with van der Waals surface area (Å²) in [6, 6.07) is 8.24. The van der Waals surface area contributed by atoms with Crippen molar-refractivity contribution in [3.63, 3.8) is 0 Å². The summed E-state index contributed by atoms with van der Waals surface area (Å²) in [5.74, 6) is 0.166. The van der Waals surface area contributed by atoms with Crippen LogP contribution in [0.2, 0.25) is 0 Å². The fraction of sp³-hybridized carbons (Fsp3) is 0.600. The lowest BCUT2D eigenvalue weighted by molar-refractivity contribution is -0.137. The van der Waals surface area contributed by atoms with Gasteiger partial charge in [-0.05, 0) is 43.2 Å². The van der Waals surface area contributed by atoms with Crippen molar-refractivity contribution in [2.24, 2.45) is 0 Å². The second-order valence-electron chi connectivity index (χ2n) is 7.13. The Bertz CT molecular complexity index is 631. The Morgan fingerprint density at radius 3 is 2.76 bits per heavy atom. The quantitative estimate of drug-likeness (QED) is 0.891. The largest absolute Gasteiger partial charge is 0.396 e. The van der Waals surface area contributed by atoms with Gasteiger partial charge in [-0.2, -0.15) is 0 Å². The summed E-state index contributed by atoms with van der Waals surface area (Å²) in [4.78, 5) is 28.9. The highest BCUT2D eigenvalue weighted by Gasteiger charge is 2.34. The zero-order chi connectivity index (χ0) is 17.8. The molecule has 2 unspecified atom stereocenters. The molecule has 0 aliphatic carbocycles. The smallest absolute Gasteiger partial charge is 0.225 e. The Balaban J connectivity index is 1.77. The average Bonchev–Trinajstić information content (AvgIpc) is 3.08. The van der Waals surface area contributed by atoms with Gasteiger partial charge in [0.05, 0.1) is 12.5 Å². The standard InChI is InChI=1S/C20H28N2O3/c1-15(24)21-12-10-16-6-2-3-9-18(16)19(21)14-20(25)22-11-4-7-17(22)8-5-13-23/h2-3,6,9,17,19,23H,4-5,7-8,10-14H2,1H3. The third kappa shape index (κ3) is 3.87. The minimum absolute atomic E-state index is 0.0329. The number of aliphatic hydroxyl groups is 1. The van der Waals surface area contributed by atoms with Crippen molar-refractivity contribution < 1.29 is 14.7 Å². The van der Waals surface area contributed by atoms with Crippen molar-refractivity contribution >= 4 is 11.8 Å². The van der Waals surface area contributed by atoms with Crippen LogP contribution >= 0.6 is 0 Å². The molecule has 1 aromatic rings. The second kappa shape index (κ2) is 8.00. The van der Waals surface area contributed by atoms with Gasteiger partial charge in [0.25, 0.3) is 0 Å². The number of likely N-dealkylation sites (tertiary alicyclic amines) is 1. The lowest BCUT2D eigenvalue weighted by atomic mass is 9.90. The van der Waals surface area contributed by atoms with Crippen molar-refractivity contribution in [1.82, 2.24) is 9.80 Å². The summed E-state index contributed by atoms with van der Waals surface area (Å²) < 4.78 is 0. The molecule has 2 atom stereocenters. The number of carbonyl (C=O) groups excluding carboxylic acids is 2. The summed E-state index contributed by atoms with van der Waals surface area (Å²) in [5, 5.41) is 9.07. The maximum Gasteiger partial charge on any atom is 0.225 e. The zero-order valence-electron chi connectivity index (χ0n) is 15.0. The Hall–Kier alpha value is -1.88. The lowest BCUT2D eigenvalue weighted by Gasteiger charge is -2.37. The van der Waals surface area contributed by atoms with Crippen molar-refractivity contribution in [2.75, 3.05) is 19.7 Å². The first kappa shape index (κ1) is 17.9. The van der Waals surface area contributed by atoms with E-state index in [1.54, 1.807) is 6.92 Å². The van der Waals surface area contributed by atoms with E-state index in [9.17, 15) is 9.59 Å². The molecule has 2 aliphatic rings. The summed E-state index contributed by atoms with van der Waals surface area (Å²) in [6.07, 6.45) is 4.85. The topological polar surface area (TPSA) is 60.9 Å². The zero-order valence-corrected chi connectivity index (χ0v) is 15.0. The van der Waals surface area contributed by atoms with E-state index in [-0.39, 0.29) is 30.5 Å². The number of aliphatic hydroxyl groups excluding tert-OH is 1. The molecular formula is C20H28N2O3. The van der Waals surface area contributed by atoms with Gasteiger partial charge in [0.15, 0.2) is 0 Å². The van der Waals surface area contributed by atoms with E-state index < -0.39 is 0 Å². The van der Waals surface area contributed by atoms with Crippen molar-refractivity contribution in [1.29, 1.82) is 0 Å². The van der Waals surface area contributed by atoms with Gasteiger partial charge in [-0.1, -0.05) is 24.3 Å². The maximum absolute atomic E-state index is 13.0. The van der Waals surface area contributed by atoms with Gasteiger partial charge in [-0.25, -0.2) is 0 Å². The van der Waals surface area contributed by atoms with Gasteiger partial charge < -0.3 is 14.9 Å². The van der Waals surface area contributed by atoms with Crippen LogP contribution in [0.15, 0.2) is 24.3 Å². The molecule has 5 nitrogen and oxygen atoms in total. The maximum atomic E-state index is 13.0. The summed E-state index contributed by atoms with van der Waals surface area (Å²) in [7, 11) is 0. The predicted molar refractivity (Wildman–Crippen MR) is 95.9 cm³/mol. The number of hydrogen-bond acceptors (Lipinski definition) is 3. The SMILES string of the molecule is CC(=O)N1CCc2ccccc2C1CC(=O)N1CCCC1CCCO. The van der Waals surface area contributed by atoms with Crippen LogP contribution in [0.1, 0.15) is 56.2 Å². The summed E-state index contributed by atoms with van der Waals surface area (Å²) in [6.45, 7) is 3.24. The third-order valence-electron chi connectivity index (χ3n) is 5.58. The number of hydrogen-bond donors (Lipinski definition) is 1. The van der Waals surface area contributed by atoms with Crippen LogP contribution in [-0.4, -0.2) is 52.5 Å². The van der Waals surface area contributed by atoms with Crippen molar-refractivity contribution in [3.05, 3.63) is 35.4 Å². The minimum Gasteiger partial charge on any atom is -0.396 e. The molecule has 0 saturated carbocycles. The van der Waals surface area contributed by atoms with Crippen LogP contribution in [0.5, 0.6) is 0 Å². The van der Waals surface area contributed by atoms with Gasteiger partial charge in [-0.15, -0.1) is 0 Å². The van der Waals surface area contributed by atoms with E-state index in [1.807, 2.05) is 21.9 Å². The van der Waals surface area contributed by atoms with Crippen LogP contribution in [0.3, 0.4) is 0 Å². The number of carbonyl (C=O) groups is 2. The van der Waals surface area contributed by atoms with Crippen molar-refractivity contribution in [3.8, 4) is 0 Å². The molecule has 5 heteroatoms. The molecule has 3 rings (SSSR count). The van der Waals surface area contributed by atoms with E-state index in [0.29, 0.717) is 13.0 Å². The molecule has 0 bridgehead atoms. The molecule has 2 aliphatic heterocycles. The number of nitrogens with zero attached hydrogens (tertiary/aromatic N) is 2. The molecule has 1 saturated heterocycles. The van der Waals surface area contributed by atoms with E-state index in [4.69, 9.17) is 5.11 Å². The molecular weight excluding hydrogens is 316 g/mol. The number of fused-ring (bicyclic) bond motifs is 1. The molecule has 25 heavy (non-hydrogen) atoms. The van der Waals surface area contributed by atoms with Gasteiger partial charge >= 0.3 is 0 Å². The molecule has 2 amide bonds. The number of amides is 2. The highest BCUT2D eigenvalue weighted by Crippen LogP contribution is 2.34. The van der Waals surface area contributed by atoms with Crippen LogP contribution in [0, 0.1) is 0 Å². The van der Waals surface area contributed by atoms with Gasteiger partial charge in [-0.3, -0.25) is 9.59 Å². The second-order valence-corrected chi connectivity index (χ2v) is 7.13. The molecule has 0 radical (unpaired) electrons. The normalized spacial score (nSPS) is 22.8. The highest BCUT2D eigenvalue weighted by atomic mass is 16.3. The Morgan fingerprint density at radius 1 is 1.20 bits per heavy atom. The van der Waals surface area contributed by atoms with Crippen LogP contribution in [-0.2, 0) is 16.0 Å². The molecule has 136 valence electrons. The number of rotatable bonds is 5. The molecule has 0 spiro atoms. The van der Waals surface area contributed by atoms with Crippen LogP contribution in [0.25, 0.3) is 0 Å². The molecule has 1 fully saturated rings. The number of benzene rings is 1. The van der Waals surface area contributed by atoms with E-state index in [1.165, 1.54) is 5.56 Å². The van der Waals surface area contributed by atoms with Crippen molar-refractivity contribution in [2.45, 2.75) is 57.5 Å². The highest BCUT2D eigenvalue weighted by molar-refractivity contribution is 5.80. The van der Waals surface area contributed by atoms with Gasteiger partial charge in [0.2, 0.25) is 11.8 Å². The van der Waals surface area contributed by atoms with Gasteiger partial charge in [0.1, 0.15) is 0 Å². The fourth-order valence-electron chi connectivity index (χ4n) is 4.32. The average molecular weight is 344 g/mol. The minimum atomic E-state index is -0.158. The summed E-state index contributed by atoms with van der Waals surface area (Å²) >= 11 is 0. The monoisotopic (exact) mass is 344 g/mol. The first-order valence-electron chi connectivity index (χ1n) is 9.37. The van der Waals surface area contributed by atoms with E-state index >= 15 is 0 Å². The Kier molecular flexibility index (Phi) is 5.74. The van der Waals surface area contributed by atoms with Gasteiger partial charge in [0, 0.05) is 32.7 Å². The van der Waals surface area contributed by atoms with Crippen LogP contribution < -0.4 is 0 Å². The van der Waals surface area contributed by atoms with E-state index in [0.717, 1.165) is 44.2 Å². The van der Waals surface area contributed by atoms with E-state index in [2.05, 4.69) is 12.1 Å². The van der Waals surface area contributed by atoms with Crippen LogP contribution in [0.4, 0.5) is 0 Å². The molecule has 2 heterocycles. The fourth-order valence-corrected chi connectivity index (χ4v) is 4.32. The summed E-state index contributed by atoms with van der Waals surface area (Å²) in [5.41, 5.74) is 2.36. The Labute approximate surface area is 149 Å². The lowest BCUT2D eigenvalue weighted by Crippen LogP contribution is -2.43. The first-order valence-corrected chi connectivity index (χ1v) is 9.37. The molecule has 1 N–H and O–H groups in total. The third-order valence-corrected chi connectivity index (χ3v) is 5.58. The molecule has 0 aromatic heterocycles. The Morgan fingerprint density at radius 2 is 2.00 bits per heavy atom. The predicted octanol–water partition coefficient (Wildman–Crippen LogP) is 2.29.